The number of carbonyl (C=O) groups excluding carboxylic acids is 1. The standard InChI is InChI=1S/C19H18N2O2/c1-2-23-19(22)18-16(13-8-4-3-5-9-13)17(18)14-12-20-15-10-6-7-11-21(14)15/h3-12,16-18H,2H2,1H3. The topological polar surface area (TPSA) is 43.6 Å². The monoisotopic (exact) mass is 306 g/mol. The molecule has 3 atom stereocenters. The van der Waals surface area contributed by atoms with Crippen LogP contribution < -0.4 is 0 Å². The molecule has 1 aliphatic rings. The second kappa shape index (κ2) is 5.54. The molecule has 116 valence electrons. The molecule has 4 rings (SSSR count). The van der Waals surface area contributed by atoms with Crippen molar-refractivity contribution in [3.63, 3.8) is 0 Å². The predicted octanol–water partition coefficient (Wildman–Crippen LogP) is 3.39. The normalized spacial score (nSPS) is 22.9. The number of aromatic nitrogens is 2. The van der Waals surface area contributed by atoms with Gasteiger partial charge in [-0.05, 0) is 24.6 Å². The molecule has 1 fully saturated rings. The first-order valence-corrected chi connectivity index (χ1v) is 7.95. The van der Waals surface area contributed by atoms with Crippen LogP contribution in [0.5, 0.6) is 0 Å². The molecule has 3 aromatic rings. The van der Waals surface area contributed by atoms with E-state index in [1.165, 1.54) is 5.56 Å². The zero-order valence-corrected chi connectivity index (χ0v) is 12.9. The van der Waals surface area contributed by atoms with Crippen LogP contribution in [0.3, 0.4) is 0 Å². The summed E-state index contributed by atoms with van der Waals surface area (Å²) >= 11 is 0. The number of pyridine rings is 1. The molecule has 0 spiro atoms. The molecule has 23 heavy (non-hydrogen) atoms. The van der Waals surface area contributed by atoms with Crippen LogP contribution in [0.1, 0.15) is 30.0 Å². The van der Waals surface area contributed by atoms with E-state index in [2.05, 4.69) is 21.5 Å². The van der Waals surface area contributed by atoms with E-state index in [1.54, 1.807) is 0 Å². The van der Waals surface area contributed by atoms with E-state index in [-0.39, 0.29) is 23.7 Å². The van der Waals surface area contributed by atoms with E-state index in [1.807, 2.05) is 55.7 Å². The lowest BCUT2D eigenvalue weighted by atomic mass is 10.1. The summed E-state index contributed by atoms with van der Waals surface area (Å²) in [6.45, 7) is 2.26. The van der Waals surface area contributed by atoms with Gasteiger partial charge in [-0.15, -0.1) is 0 Å². The van der Waals surface area contributed by atoms with Gasteiger partial charge in [0.1, 0.15) is 5.65 Å². The van der Waals surface area contributed by atoms with Crippen molar-refractivity contribution in [3.05, 3.63) is 72.2 Å². The van der Waals surface area contributed by atoms with Crippen LogP contribution in [0.15, 0.2) is 60.9 Å². The maximum absolute atomic E-state index is 12.4. The van der Waals surface area contributed by atoms with Gasteiger partial charge in [0.25, 0.3) is 0 Å². The number of hydrogen-bond donors (Lipinski definition) is 0. The summed E-state index contributed by atoms with van der Waals surface area (Å²) in [4.78, 5) is 16.8. The Morgan fingerprint density at radius 3 is 2.70 bits per heavy atom. The third-order valence-electron chi connectivity index (χ3n) is 4.55. The van der Waals surface area contributed by atoms with Crippen LogP contribution in [0.25, 0.3) is 5.65 Å². The molecule has 0 amide bonds. The molecule has 4 heteroatoms. The van der Waals surface area contributed by atoms with Crippen LogP contribution in [-0.4, -0.2) is 22.0 Å². The summed E-state index contributed by atoms with van der Waals surface area (Å²) in [5, 5.41) is 0. The van der Waals surface area contributed by atoms with Crippen molar-refractivity contribution in [1.29, 1.82) is 0 Å². The second-order valence-electron chi connectivity index (χ2n) is 5.85. The van der Waals surface area contributed by atoms with Crippen molar-refractivity contribution < 1.29 is 9.53 Å². The zero-order chi connectivity index (χ0) is 15.8. The smallest absolute Gasteiger partial charge is 0.310 e. The summed E-state index contributed by atoms with van der Waals surface area (Å²) in [6.07, 6.45) is 3.88. The highest BCUT2D eigenvalue weighted by Gasteiger charge is 2.58. The van der Waals surface area contributed by atoms with Gasteiger partial charge in [-0.2, -0.15) is 0 Å². The molecule has 0 bridgehead atoms. The lowest BCUT2D eigenvalue weighted by molar-refractivity contribution is -0.144. The number of esters is 1. The van der Waals surface area contributed by atoms with E-state index in [0.29, 0.717) is 6.61 Å². The van der Waals surface area contributed by atoms with Gasteiger partial charge >= 0.3 is 5.97 Å². The Kier molecular flexibility index (Phi) is 3.37. The van der Waals surface area contributed by atoms with Gasteiger partial charge in [0, 0.05) is 29.9 Å². The fourth-order valence-corrected chi connectivity index (χ4v) is 3.50. The number of hydrogen-bond acceptors (Lipinski definition) is 3. The van der Waals surface area contributed by atoms with Crippen LogP contribution >= 0.6 is 0 Å². The van der Waals surface area contributed by atoms with Crippen LogP contribution in [-0.2, 0) is 9.53 Å². The molecule has 4 nitrogen and oxygen atoms in total. The third kappa shape index (κ3) is 2.31. The lowest BCUT2D eigenvalue weighted by Crippen LogP contribution is -2.08. The molecule has 3 unspecified atom stereocenters. The lowest BCUT2D eigenvalue weighted by Gasteiger charge is -2.01. The SMILES string of the molecule is CCOC(=O)C1C(c2ccccc2)C1c1cnc2ccccn12. The highest BCUT2D eigenvalue weighted by atomic mass is 16.5. The van der Waals surface area contributed by atoms with Crippen molar-refractivity contribution in [1.82, 2.24) is 9.38 Å². The fraction of sp³-hybridized carbons (Fsp3) is 0.263. The first-order chi connectivity index (χ1) is 11.3. The third-order valence-corrected chi connectivity index (χ3v) is 4.55. The summed E-state index contributed by atoms with van der Waals surface area (Å²) in [5.41, 5.74) is 3.16. The van der Waals surface area contributed by atoms with Gasteiger partial charge in [0.05, 0.1) is 12.5 Å². The second-order valence-corrected chi connectivity index (χ2v) is 5.85. The van der Waals surface area contributed by atoms with Gasteiger partial charge in [-0.3, -0.25) is 4.79 Å². The molecule has 1 saturated carbocycles. The average Bonchev–Trinajstić information content (AvgIpc) is 3.19. The van der Waals surface area contributed by atoms with E-state index >= 15 is 0 Å². The Bertz CT molecular complexity index is 841. The first-order valence-electron chi connectivity index (χ1n) is 7.95. The molecule has 0 aliphatic heterocycles. The molecule has 1 aliphatic carbocycles. The molecule has 2 heterocycles. The molecule has 0 N–H and O–H groups in total. The fourth-order valence-electron chi connectivity index (χ4n) is 3.50. The summed E-state index contributed by atoms with van der Waals surface area (Å²) in [5.74, 6) is 0.0406. The maximum Gasteiger partial charge on any atom is 0.310 e. The molecule has 0 saturated heterocycles. The highest BCUT2D eigenvalue weighted by Crippen LogP contribution is 2.60. The summed E-state index contributed by atoms with van der Waals surface area (Å²) in [6, 6.07) is 16.1. The highest BCUT2D eigenvalue weighted by molar-refractivity contribution is 5.80. The van der Waals surface area contributed by atoms with Crippen LogP contribution in [0, 0.1) is 5.92 Å². The number of ether oxygens (including phenoxy) is 1. The van der Waals surface area contributed by atoms with Gasteiger partial charge < -0.3 is 9.14 Å². The first kappa shape index (κ1) is 14.0. The van der Waals surface area contributed by atoms with Crippen LogP contribution in [0.2, 0.25) is 0 Å². The minimum Gasteiger partial charge on any atom is -0.466 e. The minimum absolute atomic E-state index is 0.114. The predicted molar refractivity (Wildman–Crippen MR) is 87.2 cm³/mol. The van der Waals surface area contributed by atoms with Gasteiger partial charge in [-0.1, -0.05) is 36.4 Å². The molecular weight excluding hydrogens is 288 g/mol. The summed E-state index contributed by atoms with van der Waals surface area (Å²) < 4.78 is 7.36. The minimum atomic E-state index is -0.127. The van der Waals surface area contributed by atoms with E-state index in [9.17, 15) is 4.79 Å². The van der Waals surface area contributed by atoms with E-state index < -0.39 is 0 Å². The van der Waals surface area contributed by atoms with Gasteiger partial charge in [-0.25, -0.2) is 4.98 Å². The van der Waals surface area contributed by atoms with Crippen molar-refractivity contribution in [2.24, 2.45) is 5.92 Å². The Morgan fingerprint density at radius 1 is 1.13 bits per heavy atom. The van der Waals surface area contributed by atoms with Crippen molar-refractivity contribution in [2.75, 3.05) is 6.61 Å². The average molecular weight is 306 g/mol. The van der Waals surface area contributed by atoms with E-state index in [0.717, 1.165) is 11.3 Å². The number of nitrogens with zero attached hydrogens (tertiary/aromatic N) is 2. The molecule has 1 aromatic carbocycles. The molecule has 2 aromatic heterocycles. The number of rotatable bonds is 4. The number of imidazole rings is 1. The van der Waals surface area contributed by atoms with E-state index in [4.69, 9.17) is 4.74 Å². The zero-order valence-electron chi connectivity index (χ0n) is 12.9. The number of carbonyl (C=O) groups is 1. The van der Waals surface area contributed by atoms with Crippen LogP contribution in [0.4, 0.5) is 0 Å². The Hall–Kier alpha value is -2.62. The maximum atomic E-state index is 12.4. The Labute approximate surface area is 134 Å². The van der Waals surface area contributed by atoms with Gasteiger partial charge in [0.2, 0.25) is 0 Å². The Balaban J connectivity index is 1.74. The van der Waals surface area contributed by atoms with Crippen molar-refractivity contribution >= 4 is 11.6 Å². The summed E-state index contributed by atoms with van der Waals surface area (Å²) in [7, 11) is 0. The van der Waals surface area contributed by atoms with Gasteiger partial charge in [0.15, 0.2) is 0 Å². The molecular formula is C19H18N2O2. The number of benzene rings is 1. The molecule has 0 radical (unpaired) electrons. The quantitative estimate of drug-likeness (QED) is 0.694. The largest absolute Gasteiger partial charge is 0.466 e. The van der Waals surface area contributed by atoms with Crippen molar-refractivity contribution in [3.8, 4) is 0 Å². The van der Waals surface area contributed by atoms with Crippen molar-refractivity contribution in [2.45, 2.75) is 18.8 Å². The Morgan fingerprint density at radius 2 is 1.91 bits per heavy atom. The number of fused-ring (bicyclic) bond motifs is 1.